The lowest BCUT2D eigenvalue weighted by Gasteiger charge is -2.16. The van der Waals surface area contributed by atoms with Crippen molar-refractivity contribution in [2.24, 2.45) is 0 Å². The Labute approximate surface area is 128 Å². The molecule has 0 bridgehead atoms. The van der Waals surface area contributed by atoms with Crippen molar-refractivity contribution < 1.29 is 17.3 Å². The minimum Gasteiger partial charge on any atom is -0.377 e. The molecule has 1 atom stereocenters. The van der Waals surface area contributed by atoms with Crippen molar-refractivity contribution in [3.63, 3.8) is 0 Å². The van der Waals surface area contributed by atoms with Crippen molar-refractivity contribution in [2.45, 2.75) is 51.7 Å². The molecule has 1 unspecified atom stereocenters. The van der Waals surface area contributed by atoms with Gasteiger partial charge in [0.1, 0.15) is 0 Å². The lowest BCUT2D eigenvalue weighted by Crippen LogP contribution is -2.19. The molecular formula is C16H26O4S. The fourth-order valence-electron chi connectivity index (χ4n) is 2.09. The molecule has 21 heavy (non-hydrogen) atoms. The molecule has 0 heterocycles. The molecule has 0 fully saturated rings. The summed E-state index contributed by atoms with van der Waals surface area (Å²) >= 11 is 0. The van der Waals surface area contributed by atoms with Crippen molar-refractivity contribution in [1.82, 2.24) is 0 Å². The molecule has 0 amide bonds. The summed E-state index contributed by atoms with van der Waals surface area (Å²) in [5.41, 5.74) is 1.11. The molecule has 0 aliphatic heterocycles. The molecule has 0 radical (unpaired) electrons. The molecule has 0 N–H and O–H groups in total. The molecule has 0 spiro atoms. The Balaban J connectivity index is 2.31. The van der Waals surface area contributed by atoms with Crippen LogP contribution in [0.5, 0.6) is 0 Å². The SMILES string of the molecule is CCCCCC(CCOCc1ccccc1)OS(C)(=O)=O. The Morgan fingerprint density at radius 1 is 1.10 bits per heavy atom. The summed E-state index contributed by atoms with van der Waals surface area (Å²) in [4.78, 5) is 0. The first-order chi connectivity index (χ1) is 10.0. The molecule has 1 aromatic rings. The van der Waals surface area contributed by atoms with Gasteiger partial charge >= 0.3 is 0 Å². The predicted octanol–water partition coefficient (Wildman–Crippen LogP) is 3.52. The van der Waals surface area contributed by atoms with Crippen LogP contribution in [0, 0.1) is 0 Å². The molecule has 1 aromatic carbocycles. The third-order valence-corrected chi connectivity index (χ3v) is 3.76. The Morgan fingerprint density at radius 3 is 2.43 bits per heavy atom. The zero-order valence-electron chi connectivity index (χ0n) is 13.0. The first-order valence-corrected chi connectivity index (χ1v) is 9.33. The van der Waals surface area contributed by atoms with E-state index < -0.39 is 10.1 Å². The largest absolute Gasteiger partial charge is 0.377 e. The van der Waals surface area contributed by atoms with Gasteiger partial charge in [-0.05, 0) is 18.4 Å². The highest BCUT2D eigenvalue weighted by atomic mass is 32.2. The van der Waals surface area contributed by atoms with Gasteiger partial charge in [0, 0.05) is 6.61 Å². The van der Waals surface area contributed by atoms with Crippen LogP contribution in [0.1, 0.15) is 44.6 Å². The fourth-order valence-corrected chi connectivity index (χ4v) is 2.78. The summed E-state index contributed by atoms with van der Waals surface area (Å²) < 4.78 is 33.3. The second-order valence-electron chi connectivity index (χ2n) is 5.24. The van der Waals surface area contributed by atoms with Crippen LogP contribution in [-0.2, 0) is 25.6 Å². The summed E-state index contributed by atoms with van der Waals surface area (Å²) in [7, 11) is -3.41. The van der Waals surface area contributed by atoms with Crippen LogP contribution >= 0.6 is 0 Å². The van der Waals surface area contributed by atoms with Gasteiger partial charge in [0.05, 0.1) is 19.0 Å². The molecule has 0 aliphatic rings. The smallest absolute Gasteiger partial charge is 0.264 e. The van der Waals surface area contributed by atoms with Gasteiger partial charge in [-0.15, -0.1) is 0 Å². The highest BCUT2D eigenvalue weighted by Gasteiger charge is 2.15. The van der Waals surface area contributed by atoms with Gasteiger partial charge in [-0.25, -0.2) is 0 Å². The first-order valence-electron chi connectivity index (χ1n) is 7.51. The maximum absolute atomic E-state index is 11.3. The Kier molecular flexibility index (Phi) is 8.57. The van der Waals surface area contributed by atoms with E-state index in [1.165, 1.54) is 0 Å². The quantitative estimate of drug-likeness (QED) is 0.463. The number of hydrogen-bond donors (Lipinski definition) is 0. The summed E-state index contributed by atoms with van der Waals surface area (Å²) in [6, 6.07) is 9.92. The van der Waals surface area contributed by atoms with Gasteiger partial charge in [0.25, 0.3) is 10.1 Å². The lowest BCUT2D eigenvalue weighted by atomic mass is 10.1. The van der Waals surface area contributed by atoms with E-state index in [2.05, 4.69) is 6.92 Å². The maximum atomic E-state index is 11.3. The normalized spacial score (nSPS) is 13.2. The van der Waals surface area contributed by atoms with Gasteiger partial charge in [-0.3, -0.25) is 4.18 Å². The minimum atomic E-state index is -3.41. The van der Waals surface area contributed by atoms with Crippen LogP contribution in [0.25, 0.3) is 0 Å². The Bertz CT molecular complexity index is 470. The van der Waals surface area contributed by atoms with Crippen LogP contribution in [0.2, 0.25) is 0 Å². The molecular weight excluding hydrogens is 288 g/mol. The van der Waals surface area contributed by atoms with Crippen molar-refractivity contribution in [1.29, 1.82) is 0 Å². The molecule has 120 valence electrons. The fraction of sp³-hybridized carbons (Fsp3) is 0.625. The summed E-state index contributed by atoms with van der Waals surface area (Å²) in [5.74, 6) is 0. The highest BCUT2D eigenvalue weighted by molar-refractivity contribution is 7.86. The summed E-state index contributed by atoms with van der Waals surface area (Å²) in [5, 5.41) is 0. The van der Waals surface area contributed by atoms with E-state index in [1.54, 1.807) is 0 Å². The molecule has 4 nitrogen and oxygen atoms in total. The van der Waals surface area contributed by atoms with E-state index >= 15 is 0 Å². The second kappa shape index (κ2) is 9.92. The Hall–Kier alpha value is -0.910. The molecule has 0 saturated heterocycles. The predicted molar refractivity (Wildman–Crippen MR) is 84.6 cm³/mol. The Morgan fingerprint density at radius 2 is 1.81 bits per heavy atom. The van der Waals surface area contributed by atoms with Crippen molar-refractivity contribution in [3.05, 3.63) is 35.9 Å². The number of ether oxygens (including phenoxy) is 1. The number of unbranched alkanes of at least 4 members (excludes halogenated alkanes) is 2. The number of benzene rings is 1. The minimum absolute atomic E-state index is 0.276. The van der Waals surface area contributed by atoms with Crippen LogP contribution in [0.3, 0.4) is 0 Å². The summed E-state index contributed by atoms with van der Waals surface area (Å²) in [6.45, 7) is 3.16. The van der Waals surface area contributed by atoms with Crippen LogP contribution in [-0.4, -0.2) is 27.4 Å². The van der Waals surface area contributed by atoms with E-state index in [4.69, 9.17) is 8.92 Å². The molecule has 0 aliphatic carbocycles. The van der Waals surface area contributed by atoms with Gasteiger partial charge < -0.3 is 4.74 Å². The van der Waals surface area contributed by atoms with Crippen LogP contribution in [0.4, 0.5) is 0 Å². The number of rotatable bonds is 11. The third-order valence-electron chi connectivity index (χ3n) is 3.14. The zero-order valence-corrected chi connectivity index (χ0v) is 13.8. The third kappa shape index (κ3) is 9.61. The number of hydrogen-bond acceptors (Lipinski definition) is 4. The van der Waals surface area contributed by atoms with Gasteiger partial charge in [0.2, 0.25) is 0 Å². The van der Waals surface area contributed by atoms with E-state index in [-0.39, 0.29) is 6.10 Å². The van der Waals surface area contributed by atoms with E-state index in [9.17, 15) is 8.42 Å². The highest BCUT2D eigenvalue weighted by Crippen LogP contribution is 2.13. The molecule has 1 rings (SSSR count). The first kappa shape index (κ1) is 18.1. The maximum Gasteiger partial charge on any atom is 0.264 e. The zero-order chi connectivity index (χ0) is 15.6. The van der Waals surface area contributed by atoms with Gasteiger partial charge in [-0.1, -0.05) is 56.5 Å². The average Bonchev–Trinajstić information content (AvgIpc) is 2.43. The van der Waals surface area contributed by atoms with Gasteiger partial charge in [-0.2, -0.15) is 8.42 Å². The van der Waals surface area contributed by atoms with Crippen LogP contribution in [0.15, 0.2) is 30.3 Å². The van der Waals surface area contributed by atoms with E-state index in [0.29, 0.717) is 19.6 Å². The topological polar surface area (TPSA) is 52.6 Å². The second-order valence-corrected chi connectivity index (χ2v) is 6.85. The monoisotopic (exact) mass is 314 g/mol. The van der Waals surface area contributed by atoms with Gasteiger partial charge in [0.15, 0.2) is 0 Å². The van der Waals surface area contributed by atoms with Crippen LogP contribution < -0.4 is 0 Å². The van der Waals surface area contributed by atoms with Crippen molar-refractivity contribution >= 4 is 10.1 Å². The molecule has 0 aromatic heterocycles. The summed E-state index contributed by atoms with van der Waals surface area (Å²) in [6.07, 6.45) is 5.37. The van der Waals surface area contributed by atoms with Crippen molar-refractivity contribution in [3.8, 4) is 0 Å². The van der Waals surface area contributed by atoms with E-state index in [1.807, 2.05) is 30.3 Å². The lowest BCUT2D eigenvalue weighted by molar-refractivity contribution is 0.0814. The standard InChI is InChI=1S/C16H26O4S/c1-3-4-6-11-16(20-21(2,17)18)12-13-19-14-15-9-7-5-8-10-15/h5,7-10,16H,3-4,6,11-14H2,1-2H3. The van der Waals surface area contributed by atoms with Crippen molar-refractivity contribution in [2.75, 3.05) is 12.9 Å². The molecule has 5 heteroatoms. The molecule has 0 saturated carbocycles. The van der Waals surface area contributed by atoms with E-state index in [0.717, 1.165) is 37.5 Å². The average molecular weight is 314 g/mol.